The quantitative estimate of drug-likeness (QED) is 0.898. The van der Waals surface area contributed by atoms with Crippen LogP contribution in [-0.4, -0.2) is 18.6 Å². The zero-order valence-electron chi connectivity index (χ0n) is 12.8. The summed E-state index contributed by atoms with van der Waals surface area (Å²) in [4.78, 5) is 11.9. The lowest BCUT2D eigenvalue weighted by molar-refractivity contribution is -0.127. The van der Waals surface area contributed by atoms with Gasteiger partial charge in [0.1, 0.15) is 5.75 Å². The third-order valence-electron chi connectivity index (χ3n) is 2.94. The van der Waals surface area contributed by atoms with Gasteiger partial charge in [-0.25, -0.2) is 0 Å². The number of hydrogen-bond acceptors (Lipinski definition) is 3. The molecule has 20 heavy (non-hydrogen) atoms. The van der Waals surface area contributed by atoms with Crippen LogP contribution in [0, 0.1) is 31.1 Å². The molecule has 1 unspecified atom stereocenters. The number of nitrogens with zero attached hydrogens (tertiary/aromatic N) is 1. The molecule has 1 atom stereocenters. The third-order valence-corrected chi connectivity index (χ3v) is 2.94. The predicted molar refractivity (Wildman–Crippen MR) is 78.6 cm³/mol. The zero-order valence-corrected chi connectivity index (χ0v) is 12.8. The molecule has 1 N–H and O–H groups in total. The number of rotatable bonds is 5. The molecule has 4 heteroatoms. The predicted octanol–water partition coefficient (Wildman–Crippen LogP) is 2.71. The van der Waals surface area contributed by atoms with E-state index in [2.05, 4.69) is 11.4 Å². The van der Waals surface area contributed by atoms with Crippen LogP contribution < -0.4 is 10.1 Å². The van der Waals surface area contributed by atoms with E-state index < -0.39 is 6.10 Å². The van der Waals surface area contributed by atoms with Crippen molar-refractivity contribution in [3.8, 4) is 11.8 Å². The highest BCUT2D eigenvalue weighted by molar-refractivity contribution is 5.80. The van der Waals surface area contributed by atoms with E-state index in [1.165, 1.54) is 0 Å². The van der Waals surface area contributed by atoms with Gasteiger partial charge in [0.05, 0.1) is 11.6 Å². The Kier molecular flexibility index (Phi) is 5.57. The van der Waals surface area contributed by atoms with Gasteiger partial charge in [0.2, 0.25) is 0 Å². The Morgan fingerprint density at radius 1 is 1.30 bits per heavy atom. The maximum Gasteiger partial charge on any atom is 0.260 e. The van der Waals surface area contributed by atoms with Crippen molar-refractivity contribution in [2.45, 2.75) is 40.7 Å². The molecule has 0 fully saturated rings. The maximum atomic E-state index is 11.9. The highest BCUT2D eigenvalue weighted by Crippen LogP contribution is 2.25. The number of amides is 1. The van der Waals surface area contributed by atoms with Gasteiger partial charge < -0.3 is 10.1 Å². The van der Waals surface area contributed by atoms with Gasteiger partial charge in [-0.1, -0.05) is 13.8 Å². The largest absolute Gasteiger partial charge is 0.480 e. The second kappa shape index (κ2) is 6.95. The van der Waals surface area contributed by atoms with Gasteiger partial charge in [-0.15, -0.1) is 0 Å². The molecule has 0 aliphatic heterocycles. The molecule has 0 aliphatic rings. The summed E-state index contributed by atoms with van der Waals surface area (Å²) >= 11 is 0. The lowest BCUT2D eigenvalue weighted by Gasteiger charge is -2.18. The smallest absolute Gasteiger partial charge is 0.260 e. The first kappa shape index (κ1) is 16.0. The maximum absolute atomic E-state index is 11.9. The standard InChI is InChI=1S/C16H22N2O2/c1-10(2)9-18-16(19)13(5)20-15-11(3)6-14(8-17)7-12(15)4/h6-7,10,13H,9H2,1-5H3,(H,18,19). The van der Waals surface area contributed by atoms with Crippen LogP contribution in [0.5, 0.6) is 5.75 Å². The molecule has 108 valence electrons. The fraction of sp³-hybridized carbons (Fsp3) is 0.500. The summed E-state index contributed by atoms with van der Waals surface area (Å²) < 4.78 is 5.75. The molecule has 0 saturated heterocycles. The Morgan fingerprint density at radius 2 is 1.85 bits per heavy atom. The summed E-state index contributed by atoms with van der Waals surface area (Å²) in [5.41, 5.74) is 2.33. The van der Waals surface area contributed by atoms with E-state index in [-0.39, 0.29) is 5.91 Å². The van der Waals surface area contributed by atoms with Crippen molar-refractivity contribution >= 4 is 5.91 Å². The number of nitriles is 1. The second-order valence-corrected chi connectivity index (χ2v) is 5.45. The van der Waals surface area contributed by atoms with Crippen molar-refractivity contribution in [1.29, 1.82) is 5.26 Å². The van der Waals surface area contributed by atoms with Gasteiger partial charge in [0.15, 0.2) is 6.10 Å². The van der Waals surface area contributed by atoms with Crippen LogP contribution in [0.2, 0.25) is 0 Å². The summed E-state index contributed by atoms with van der Waals surface area (Å²) in [6.07, 6.45) is -0.556. The van der Waals surface area contributed by atoms with Gasteiger partial charge in [-0.05, 0) is 49.9 Å². The number of carbonyl (C=O) groups excluding carboxylic acids is 1. The second-order valence-electron chi connectivity index (χ2n) is 5.45. The number of nitrogens with one attached hydrogen (secondary N) is 1. The topological polar surface area (TPSA) is 62.1 Å². The monoisotopic (exact) mass is 274 g/mol. The minimum Gasteiger partial charge on any atom is -0.480 e. The highest BCUT2D eigenvalue weighted by Gasteiger charge is 2.17. The Hall–Kier alpha value is -2.02. The fourth-order valence-electron chi connectivity index (χ4n) is 1.88. The molecule has 1 aromatic rings. The minimum absolute atomic E-state index is 0.123. The molecule has 0 heterocycles. The van der Waals surface area contributed by atoms with Crippen LogP contribution in [-0.2, 0) is 4.79 Å². The molecule has 0 radical (unpaired) electrons. The van der Waals surface area contributed by atoms with E-state index in [1.54, 1.807) is 19.1 Å². The van der Waals surface area contributed by atoms with Crippen molar-refractivity contribution in [1.82, 2.24) is 5.32 Å². The van der Waals surface area contributed by atoms with E-state index in [9.17, 15) is 4.79 Å². The average molecular weight is 274 g/mol. The number of benzene rings is 1. The third kappa shape index (κ3) is 4.27. The summed E-state index contributed by atoms with van der Waals surface area (Å²) in [6.45, 7) is 10.2. The number of aryl methyl sites for hydroxylation is 2. The van der Waals surface area contributed by atoms with Crippen molar-refractivity contribution in [2.75, 3.05) is 6.54 Å². The van der Waals surface area contributed by atoms with Crippen molar-refractivity contribution in [2.24, 2.45) is 5.92 Å². The summed E-state index contributed by atoms with van der Waals surface area (Å²) in [6, 6.07) is 5.64. The van der Waals surface area contributed by atoms with Crippen LogP contribution >= 0.6 is 0 Å². The minimum atomic E-state index is -0.556. The molecular formula is C16H22N2O2. The Bertz CT molecular complexity index is 507. The summed E-state index contributed by atoms with van der Waals surface area (Å²) in [5, 5.41) is 11.8. The molecule has 0 bridgehead atoms. The Labute approximate surface area is 120 Å². The van der Waals surface area contributed by atoms with Gasteiger partial charge in [-0.2, -0.15) is 5.26 Å². The molecule has 0 spiro atoms. The number of hydrogen-bond donors (Lipinski definition) is 1. The molecule has 0 aromatic heterocycles. The summed E-state index contributed by atoms with van der Waals surface area (Å²) in [5.74, 6) is 0.961. The van der Waals surface area contributed by atoms with Crippen LogP contribution in [0.1, 0.15) is 37.5 Å². The van der Waals surface area contributed by atoms with Crippen molar-refractivity contribution < 1.29 is 9.53 Å². The normalized spacial score (nSPS) is 11.8. The first-order valence-corrected chi connectivity index (χ1v) is 6.80. The molecule has 0 aliphatic carbocycles. The average Bonchev–Trinajstić information content (AvgIpc) is 2.39. The Morgan fingerprint density at radius 3 is 2.30 bits per heavy atom. The molecule has 0 saturated carbocycles. The van der Waals surface area contributed by atoms with Gasteiger partial charge in [0, 0.05) is 6.54 Å². The number of carbonyl (C=O) groups is 1. The highest BCUT2D eigenvalue weighted by atomic mass is 16.5. The van der Waals surface area contributed by atoms with Crippen LogP contribution in [0.4, 0.5) is 0 Å². The van der Waals surface area contributed by atoms with Gasteiger partial charge in [-0.3, -0.25) is 4.79 Å². The van der Waals surface area contributed by atoms with Crippen molar-refractivity contribution in [3.63, 3.8) is 0 Å². The van der Waals surface area contributed by atoms with E-state index in [0.29, 0.717) is 23.8 Å². The van der Waals surface area contributed by atoms with Crippen molar-refractivity contribution in [3.05, 3.63) is 28.8 Å². The van der Waals surface area contributed by atoms with Crippen LogP contribution in [0.25, 0.3) is 0 Å². The first-order chi connectivity index (χ1) is 9.35. The molecular weight excluding hydrogens is 252 g/mol. The molecule has 1 rings (SSSR count). The lowest BCUT2D eigenvalue weighted by atomic mass is 10.1. The van der Waals surface area contributed by atoms with Crippen LogP contribution in [0.15, 0.2) is 12.1 Å². The van der Waals surface area contributed by atoms with E-state index >= 15 is 0 Å². The SMILES string of the molecule is Cc1cc(C#N)cc(C)c1OC(C)C(=O)NCC(C)C. The summed E-state index contributed by atoms with van der Waals surface area (Å²) in [7, 11) is 0. The van der Waals surface area contributed by atoms with E-state index in [1.807, 2.05) is 27.7 Å². The van der Waals surface area contributed by atoms with Gasteiger partial charge >= 0.3 is 0 Å². The lowest BCUT2D eigenvalue weighted by Crippen LogP contribution is -2.38. The number of ether oxygens (including phenoxy) is 1. The van der Waals surface area contributed by atoms with Crippen LogP contribution in [0.3, 0.4) is 0 Å². The first-order valence-electron chi connectivity index (χ1n) is 6.80. The van der Waals surface area contributed by atoms with E-state index in [4.69, 9.17) is 10.00 Å². The van der Waals surface area contributed by atoms with Gasteiger partial charge in [0.25, 0.3) is 5.91 Å². The van der Waals surface area contributed by atoms with E-state index in [0.717, 1.165) is 11.1 Å². The molecule has 4 nitrogen and oxygen atoms in total. The Balaban J connectivity index is 2.78. The molecule has 1 amide bonds. The molecule has 1 aromatic carbocycles. The zero-order chi connectivity index (χ0) is 15.3. The fourth-order valence-corrected chi connectivity index (χ4v) is 1.88.